The third-order valence-corrected chi connectivity index (χ3v) is 1.19. The highest BCUT2D eigenvalue weighted by Crippen LogP contribution is 2.10. The molecule has 0 radical (unpaired) electrons. The normalized spacial score (nSPS) is 19.4. The largest absolute Gasteiger partial charge is 0.272 e. The molecule has 1 saturated heterocycles. The Kier molecular flexibility index (Phi) is 1.48. The fourth-order valence-corrected chi connectivity index (χ4v) is 0.760. The first kappa shape index (κ1) is 6.22. The molecule has 0 unspecified atom stereocenters. The van der Waals surface area contributed by atoms with E-state index in [1.165, 1.54) is 7.11 Å². The van der Waals surface area contributed by atoms with Crippen molar-refractivity contribution < 1.29 is 14.4 Å². The Balaban J connectivity index is 2.66. The minimum atomic E-state index is -0.248. The van der Waals surface area contributed by atoms with Crippen molar-refractivity contribution in [3.05, 3.63) is 0 Å². The van der Waals surface area contributed by atoms with E-state index in [4.69, 9.17) is 0 Å². The van der Waals surface area contributed by atoms with Gasteiger partial charge >= 0.3 is 0 Å². The molecule has 50 valence electrons. The van der Waals surface area contributed by atoms with E-state index in [1.807, 2.05) is 0 Å². The number of imide groups is 1. The van der Waals surface area contributed by atoms with E-state index in [1.54, 1.807) is 0 Å². The van der Waals surface area contributed by atoms with Crippen LogP contribution in [0.1, 0.15) is 12.8 Å². The molecule has 9 heavy (non-hydrogen) atoms. The van der Waals surface area contributed by atoms with Crippen LogP contribution in [-0.4, -0.2) is 24.0 Å². The van der Waals surface area contributed by atoms with Gasteiger partial charge in [0.05, 0.1) is 7.11 Å². The summed E-state index contributed by atoms with van der Waals surface area (Å²) in [5.41, 5.74) is 0. The summed E-state index contributed by atoms with van der Waals surface area (Å²) in [5.74, 6) is -0.495. The summed E-state index contributed by atoms with van der Waals surface area (Å²) in [6, 6.07) is 0. The zero-order valence-electron chi connectivity index (χ0n) is 5.09. The van der Waals surface area contributed by atoms with E-state index in [0.717, 1.165) is 5.06 Å². The first-order valence-electron chi connectivity index (χ1n) is 2.65. The maximum absolute atomic E-state index is 10.6. The zero-order valence-corrected chi connectivity index (χ0v) is 5.09. The Morgan fingerprint density at radius 2 is 1.78 bits per heavy atom. The van der Waals surface area contributed by atoms with Crippen LogP contribution in [-0.2, 0) is 14.4 Å². The molecule has 0 aromatic carbocycles. The number of rotatable bonds is 1. The van der Waals surface area contributed by atoms with Gasteiger partial charge in [-0.1, -0.05) is 0 Å². The molecule has 1 aliphatic rings. The Morgan fingerprint density at radius 1 is 1.33 bits per heavy atom. The lowest BCUT2D eigenvalue weighted by atomic mass is 2.92. The summed E-state index contributed by atoms with van der Waals surface area (Å²) in [5, 5.41) is 0.792. The minimum Gasteiger partial charge on any atom is -0.272 e. The highest BCUT2D eigenvalue weighted by atomic mass is 16.6. The summed E-state index contributed by atoms with van der Waals surface area (Å²) >= 11 is 0. The number of hydrogen-bond donors (Lipinski definition) is 0. The van der Waals surface area contributed by atoms with E-state index in [0.29, 0.717) is 0 Å². The number of hydrogen-bond acceptors (Lipinski definition) is 3. The molecule has 4 nitrogen and oxygen atoms in total. The fraction of sp³-hybridized carbons (Fsp3) is 0.600. The van der Waals surface area contributed by atoms with Crippen LogP contribution in [0.5, 0.6) is 0 Å². The van der Waals surface area contributed by atoms with Crippen molar-refractivity contribution in [3.8, 4) is 0 Å². The summed E-state index contributed by atoms with van der Waals surface area (Å²) in [4.78, 5) is 25.7. The standard InChI is InChI=1S/C5H7NO3/c1-9-6-4(7)2-3-5(6)8/h2-3H2,1H3/i1-9. The highest BCUT2D eigenvalue weighted by molar-refractivity contribution is 6.00. The van der Waals surface area contributed by atoms with Gasteiger partial charge in [0, 0.05) is 12.8 Å². The molecule has 1 heterocycles. The second-order valence-electron chi connectivity index (χ2n) is 1.76. The highest BCUT2D eigenvalue weighted by Gasteiger charge is 2.28. The van der Waals surface area contributed by atoms with Crippen LogP contribution < -0.4 is 0 Å². The second-order valence-corrected chi connectivity index (χ2v) is 1.76. The van der Waals surface area contributed by atoms with Gasteiger partial charge in [-0.25, -0.2) is 0 Å². The summed E-state index contributed by atoms with van der Waals surface area (Å²) in [7, 11) is 1.31. The number of carbonyl (C=O) groups excluding carboxylic acids is 2. The molecule has 0 aromatic heterocycles. The molecule has 0 aliphatic carbocycles. The Labute approximate surface area is 52.3 Å². The van der Waals surface area contributed by atoms with Gasteiger partial charge in [-0.05, 0) is 0 Å². The predicted octanol–water partition coefficient (Wildman–Crippen LogP) is -0.303. The molecule has 0 atom stereocenters. The van der Waals surface area contributed by atoms with Crippen molar-refractivity contribution in [1.82, 2.24) is 5.06 Å². The molecule has 1 aliphatic heterocycles. The fourth-order valence-electron chi connectivity index (χ4n) is 0.760. The van der Waals surface area contributed by atoms with Crippen LogP contribution in [0.3, 0.4) is 0 Å². The maximum atomic E-state index is 10.6. The maximum Gasteiger partial charge on any atom is 0.253 e. The predicted molar refractivity (Wildman–Crippen MR) is 28.1 cm³/mol. The Morgan fingerprint density at radius 3 is 2.00 bits per heavy atom. The van der Waals surface area contributed by atoms with Crippen LogP contribution in [0.4, 0.5) is 0 Å². The van der Waals surface area contributed by atoms with E-state index in [9.17, 15) is 9.59 Å². The molecule has 4 heteroatoms. The summed E-state index contributed by atoms with van der Waals surface area (Å²) in [6.45, 7) is 0. The summed E-state index contributed by atoms with van der Waals surface area (Å²) < 4.78 is 0. The van der Waals surface area contributed by atoms with Gasteiger partial charge in [0.25, 0.3) is 11.8 Å². The lowest BCUT2D eigenvalue weighted by molar-refractivity contribution is -0.179. The molecular formula is C5H7NO3. The lowest BCUT2D eigenvalue weighted by Crippen LogP contribution is -2.27. The zero-order chi connectivity index (χ0) is 6.85. The van der Waals surface area contributed by atoms with Crippen molar-refractivity contribution in [2.75, 3.05) is 7.11 Å². The summed E-state index contributed by atoms with van der Waals surface area (Å²) in [6.07, 6.45) is 0.569. The van der Waals surface area contributed by atoms with Gasteiger partial charge in [0.2, 0.25) is 0 Å². The lowest BCUT2D eigenvalue weighted by Gasteiger charge is -2.07. The van der Waals surface area contributed by atoms with Crippen molar-refractivity contribution in [2.45, 2.75) is 12.8 Å². The van der Waals surface area contributed by atoms with Gasteiger partial charge in [0.1, 0.15) is 0 Å². The minimum absolute atomic E-state index is 0.248. The van der Waals surface area contributed by atoms with Crippen molar-refractivity contribution >= 4 is 11.8 Å². The number of amides is 2. The van der Waals surface area contributed by atoms with Gasteiger partial charge < -0.3 is 0 Å². The van der Waals surface area contributed by atoms with Crippen LogP contribution >= 0.6 is 0 Å². The Hall–Kier alpha value is -0.900. The van der Waals surface area contributed by atoms with Crippen molar-refractivity contribution in [2.24, 2.45) is 0 Å². The van der Waals surface area contributed by atoms with E-state index < -0.39 is 0 Å². The topological polar surface area (TPSA) is 46.6 Å². The molecular weight excluding hydrogens is 113 g/mol. The number of carbonyl (C=O) groups is 2. The van der Waals surface area contributed by atoms with Crippen LogP contribution in [0, 0.1) is 0 Å². The molecule has 0 bridgehead atoms. The van der Waals surface area contributed by atoms with E-state index in [2.05, 4.69) is 4.84 Å². The van der Waals surface area contributed by atoms with E-state index >= 15 is 0 Å². The average molecular weight is 120 g/mol. The smallest absolute Gasteiger partial charge is 0.253 e. The van der Waals surface area contributed by atoms with Gasteiger partial charge in [0.15, 0.2) is 0 Å². The second kappa shape index (κ2) is 2.14. The van der Waals surface area contributed by atoms with Crippen molar-refractivity contribution in [3.63, 3.8) is 0 Å². The van der Waals surface area contributed by atoms with Crippen molar-refractivity contribution in [1.29, 1.82) is 0 Å². The molecule has 0 aromatic rings. The average Bonchev–Trinajstić information content (AvgIpc) is 2.12. The molecule has 0 N–H and O–H groups in total. The third-order valence-electron chi connectivity index (χ3n) is 1.19. The van der Waals surface area contributed by atoms with E-state index in [-0.39, 0.29) is 24.7 Å². The van der Waals surface area contributed by atoms with Gasteiger partial charge in [-0.3, -0.25) is 14.4 Å². The molecule has 1 fully saturated rings. The first-order valence-corrected chi connectivity index (χ1v) is 2.65. The van der Waals surface area contributed by atoms with Crippen LogP contribution in [0.2, 0.25) is 0 Å². The molecule has 0 saturated carbocycles. The monoisotopic (exact) mass is 120 g/mol. The first-order chi connectivity index (χ1) is 4.25. The van der Waals surface area contributed by atoms with Crippen LogP contribution in [0.25, 0.3) is 0 Å². The van der Waals surface area contributed by atoms with Gasteiger partial charge in [-0.2, -0.15) is 5.06 Å². The molecule has 0 spiro atoms. The quantitative estimate of drug-likeness (QED) is 0.446. The Bertz CT molecular complexity index is 138. The SMILES string of the molecule is [3CH3]ON1C(=O)CCC1=O. The third kappa shape index (κ3) is 0.929. The van der Waals surface area contributed by atoms with Crippen LogP contribution in [0.15, 0.2) is 0 Å². The number of hydroxylamine groups is 2. The molecule has 1 rings (SSSR count). The number of nitrogens with zero attached hydrogens (tertiary/aromatic N) is 1. The van der Waals surface area contributed by atoms with Gasteiger partial charge in [-0.15, -0.1) is 0 Å². The molecule has 2 amide bonds.